The molecule has 3 N–H and O–H groups in total. The number of aromatic nitrogens is 1. The lowest BCUT2D eigenvalue weighted by Gasteiger charge is -2.11. The number of halogens is 2. The van der Waals surface area contributed by atoms with E-state index in [0.29, 0.717) is 0 Å². The van der Waals surface area contributed by atoms with Crippen molar-refractivity contribution in [2.75, 3.05) is 32.8 Å². The average Bonchev–Trinajstić information content (AvgIpc) is 3.38. The third kappa shape index (κ3) is 7.29. The Kier molecular flexibility index (Phi) is 9.33. The Morgan fingerprint density at radius 1 is 1.33 bits per heavy atom. The molecule has 1 saturated carbocycles. The van der Waals surface area contributed by atoms with Crippen molar-refractivity contribution in [3.63, 3.8) is 0 Å². The van der Waals surface area contributed by atoms with Crippen LogP contribution in [-0.4, -0.2) is 43.8 Å². The zero-order valence-corrected chi connectivity index (χ0v) is 18.2. The van der Waals surface area contributed by atoms with E-state index in [4.69, 9.17) is 4.74 Å². The zero-order valence-electron chi connectivity index (χ0n) is 15.9. The number of aliphatic imine (C=N–C) groups is 1. The van der Waals surface area contributed by atoms with Crippen LogP contribution in [0.5, 0.6) is 0 Å². The molecule has 150 valence electrons. The van der Waals surface area contributed by atoms with Crippen LogP contribution in [0.15, 0.2) is 29.4 Å². The number of nitrogens with zero attached hydrogens (tertiary/aromatic N) is 1. The number of guanidine groups is 1. The molecule has 1 aromatic carbocycles. The molecular weight excluding hydrogens is 458 g/mol. The second-order valence-corrected chi connectivity index (χ2v) is 6.81. The molecule has 7 heteroatoms. The van der Waals surface area contributed by atoms with Crippen molar-refractivity contribution in [1.29, 1.82) is 0 Å². The highest BCUT2D eigenvalue weighted by Gasteiger charge is 2.20. The van der Waals surface area contributed by atoms with Gasteiger partial charge >= 0.3 is 0 Å². The van der Waals surface area contributed by atoms with Gasteiger partial charge in [-0.25, -0.2) is 4.39 Å². The lowest BCUT2D eigenvalue weighted by atomic mass is 10.1. The summed E-state index contributed by atoms with van der Waals surface area (Å²) in [5, 5.41) is 7.55. The lowest BCUT2D eigenvalue weighted by Crippen LogP contribution is -2.38. The predicted octanol–water partition coefficient (Wildman–Crippen LogP) is 3.84. The van der Waals surface area contributed by atoms with Gasteiger partial charge in [0.1, 0.15) is 5.82 Å². The molecule has 0 unspecified atom stereocenters. The molecule has 0 radical (unpaired) electrons. The van der Waals surface area contributed by atoms with Gasteiger partial charge in [-0.3, -0.25) is 4.99 Å². The van der Waals surface area contributed by atoms with Crippen molar-refractivity contribution < 1.29 is 9.13 Å². The largest absolute Gasteiger partial charge is 0.381 e. The summed E-state index contributed by atoms with van der Waals surface area (Å²) < 4.78 is 19.1. The monoisotopic (exact) mass is 488 g/mol. The van der Waals surface area contributed by atoms with Crippen LogP contribution >= 0.6 is 24.0 Å². The molecule has 3 rings (SSSR count). The van der Waals surface area contributed by atoms with Gasteiger partial charge in [0.05, 0.1) is 0 Å². The Hall–Kier alpha value is -1.35. The molecule has 1 fully saturated rings. The van der Waals surface area contributed by atoms with E-state index in [1.54, 1.807) is 12.1 Å². The molecule has 0 amide bonds. The molecule has 1 heterocycles. The second-order valence-electron chi connectivity index (χ2n) is 6.81. The van der Waals surface area contributed by atoms with Gasteiger partial charge in [0.15, 0.2) is 5.96 Å². The standard InChI is InChI=1S/C20H29FN4O.HI/c1-2-22-20(23-9-3-11-26-14-15-4-5-15)24-10-8-16-13-25-19-7-6-17(21)12-18(16)19;/h6-7,12-13,15,25H,2-5,8-11,14H2,1H3,(H2,22,23,24);1H. The van der Waals surface area contributed by atoms with Gasteiger partial charge in [0.25, 0.3) is 0 Å². The van der Waals surface area contributed by atoms with Crippen molar-refractivity contribution in [2.45, 2.75) is 32.6 Å². The molecule has 0 bridgehead atoms. The van der Waals surface area contributed by atoms with Crippen LogP contribution in [0.3, 0.4) is 0 Å². The number of ether oxygens (including phenoxy) is 1. The van der Waals surface area contributed by atoms with Gasteiger partial charge in [-0.2, -0.15) is 0 Å². The van der Waals surface area contributed by atoms with Gasteiger partial charge in [0, 0.05) is 49.9 Å². The minimum Gasteiger partial charge on any atom is -0.381 e. The molecule has 0 spiro atoms. The smallest absolute Gasteiger partial charge is 0.191 e. The van der Waals surface area contributed by atoms with E-state index in [-0.39, 0.29) is 29.8 Å². The Balaban J connectivity index is 0.00000261. The van der Waals surface area contributed by atoms with Crippen LogP contribution in [-0.2, 0) is 11.2 Å². The number of hydrogen-bond donors (Lipinski definition) is 3. The molecule has 0 atom stereocenters. The predicted molar refractivity (Wildman–Crippen MR) is 120 cm³/mol. The fourth-order valence-corrected chi connectivity index (χ4v) is 2.91. The highest BCUT2D eigenvalue weighted by atomic mass is 127. The summed E-state index contributed by atoms with van der Waals surface area (Å²) in [5.74, 6) is 1.43. The van der Waals surface area contributed by atoms with Crippen LogP contribution in [0.4, 0.5) is 4.39 Å². The Labute approximate surface area is 177 Å². The van der Waals surface area contributed by atoms with E-state index in [2.05, 4.69) is 27.5 Å². The van der Waals surface area contributed by atoms with E-state index in [1.165, 1.54) is 18.9 Å². The third-order valence-electron chi connectivity index (χ3n) is 4.53. The Morgan fingerprint density at radius 2 is 2.19 bits per heavy atom. The molecule has 27 heavy (non-hydrogen) atoms. The number of benzene rings is 1. The summed E-state index contributed by atoms with van der Waals surface area (Å²) in [6, 6.07) is 4.84. The zero-order chi connectivity index (χ0) is 18.2. The summed E-state index contributed by atoms with van der Waals surface area (Å²) in [5.41, 5.74) is 2.07. The van der Waals surface area contributed by atoms with Gasteiger partial charge in [0.2, 0.25) is 0 Å². The van der Waals surface area contributed by atoms with E-state index >= 15 is 0 Å². The van der Waals surface area contributed by atoms with Crippen LogP contribution in [0.25, 0.3) is 10.9 Å². The molecular formula is C20H30FIN4O. The number of H-pyrrole nitrogens is 1. The van der Waals surface area contributed by atoms with E-state index in [0.717, 1.165) is 74.0 Å². The maximum Gasteiger partial charge on any atom is 0.191 e. The van der Waals surface area contributed by atoms with Crippen LogP contribution in [0.2, 0.25) is 0 Å². The van der Waals surface area contributed by atoms with E-state index in [1.807, 2.05) is 6.20 Å². The molecule has 1 aliphatic carbocycles. The minimum absolute atomic E-state index is 0. The van der Waals surface area contributed by atoms with Crippen LogP contribution < -0.4 is 10.6 Å². The first-order valence-corrected chi connectivity index (χ1v) is 9.61. The number of nitrogens with one attached hydrogen (secondary N) is 3. The fourth-order valence-electron chi connectivity index (χ4n) is 2.91. The van der Waals surface area contributed by atoms with Gasteiger partial charge in [-0.15, -0.1) is 24.0 Å². The first-order valence-electron chi connectivity index (χ1n) is 9.61. The topological polar surface area (TPSA) is 61.4 Å². The molecule has 0 saturated heterocycles. The maximum absolute atomic E-state index is 13.5. The molecule has 5 nitrogen and oxygen atoms in total. The first-order chi connectivity index (χ1) is 12.8. The summed E-state index contributed by atoms with van der Waals surface area (Å²) in [6.07, 6.45) is 6.35. The van der Waals surface area contributed by atoms with Crippen molar-refractivity contribution in [3.8, 4) is 0 Å². The summed E-state index contributed by atoms with van der Waals surface area (Å²) in [7, 11) is 0. The van der Waals surface area contributed by atoms with Gasteiger partial charge < -0.3 is 20.4 Å². The summed E-state index contributed by atoms with van der Waals surface area (Å²) >= 11 is 0. The van der Waals surface area contributed by atoms with Crippen molar-refractivity contribution in [3.05, 3.63) is 35.8 Å². The maximum atomic E-state index is 13.5. The molecule has 1 aromatic heterocycles. The number of rotatable bonds is 10. The van der Waals surface area contributed by atoms with E-state index in [9.17, 15) is 4.39 Å². The van der Waals surface area contributed by atoms with Crippen LogP contribution in [0, 0.1) is 11.7 Å². The fraction of sp³-hybridized carbons (Fsp3) is 0.550. The van der Waals surface area contributed by atoms with Gasteiger partial charge in [-0.05, 0) is 62.3 Å². The highest BCUT2D eigenvalue weighted by Crippen LogP contribution is 2.28. The van der Waals surface area contributed by atoms with Crippen molar-refractivity contribution >= 4 is 40.8 Å². The first kappa shape index (κ1) is 21.9. The summed E-state index contributed by atoms with van der Waals surface area (Å²) in [4.78, 5) is 7.78. The highest BCUT2D eigenvalue weighted by molar-refractivity contribution is 14.0. The van der Waals surface area contributed by atoms with Crippen molar-refractivity contribution in [1.82, 2.24) is 15.6 Å². The number of aromatic amines is 1. The summed E-state index contributed by atoms with van der Waals surface area (Å²) in [6.45, 7) is 6.06. The van der Waals surface area contributed by atoms with Crippen LogP contribution in [0.1, 0.15) is 31.7 Å². The second kappa shape index (κ2) is 11.5. The normalized spacial score (nSPS) is 14.2. The Morgan fingerprint density at radius 3 is 2.96 bits per heavy atom. The molecule has 0 aliphatic heterocycles. The Bertz CT molecular complexity index is 730. The number of fused-ring (bicyclic) bond motifs is 1. The van der Waals surface area contributed by atoms with E-state index < -0.39 is 0 Å². The van der Waals surface area contributed by atoms with Crippen molar-refractivity contribution in [2.24, 2.45) is 10.9 Å². The average molecular weight is 488 g/mol. The lowest BCUT2D eigenvalue weighted by molar-refractivity contribution is 0.123. The minimum atomic E-state index is -0.204. The third-order valence-corrected chi connectivity index (χ3v) is 4.53. The SMILES string of the molecule is CCNC(=NCCCOCC1CC1)NCCc1c[nH]c2ccc(F)cc12.I. The number of hydrogen-bond acceptors (Lipinski definition) is 2. The molecule has 2 aromatic rings. The van der Waals surface area contributed by atoms with Gasteiger partial charge in [-0.1, -0.05) is 0 Å². The quantitative estimate of drug-likeness (QED) is 0.206. The molecule has 1 aliphatic rings.